The minimum atomic E-state index is -0.0399. The van der Waals surface area contributed by atoms with Crippen LogP contribution in [-0.2, 0) is 10.8 Å². The van der Waals surface area contributed by atoms with Crippen LogP contribution in [0, 0.1) is 0 Å². The lowest BCUT2D eigenvalue weighted by Gasteiger charge is -2.29. The molecule has 0 aliphatic heterocycles. The molecule has 6 rings (SSSR count). The molecule has 8 nitrogen and oxygen atoms in total. The van der Waals surface area contributed by atoms with Crippen molar-refractivity contribution in [3.8, 4) is 23.0 Å². The Morgan fingerprint density at radius 2 is 0.603 bits per heavy atom. The Bertz CT molecular complexity index is 1900. The molecule has 2 fully saturated rings. The van der Waals surface area contributed by atoms with Crippen LogP contribution in [0.5, 0.6) is 23.0 Å². The van der Waals surface area contributed by atoms with Crippen molar-refractivity contribution in [2.24, 2.45) is 0 Å². The first kappa shape index (κ1) is 76.0. The molecule has 8 heteroatoms. The van der Waals surface area contributed by atoms with Gasteiger partial charge >= 0.3 is 0 Å². The Balaban J connectivity index is 0. The number of ether oxygens (including phenoxy) is 4. The summed E-state index contributed by atoms with van der Waals surface area (Å²) >= 11 is 0. The third-order valence-electron chi connectivity index (χ3n) is 16.9. The van der Waals surface area contributed by atoms with Gasteiger partial charge in [0.2, 0.25) is 0 Å². The summed E-state index contributed by atoms with van der Waals surface area (Å²) in [6.07, 6.45) is 18.8. The fourth-order valence-corrected chi connectivity index (χ4v) is 8.93. The topological polar surface area (TPSA) is 118 Å². The molecule has 2 saturated carbocycles. The molecule has 4 aromatic rings. The normalized spacial score (nSPS) is 14.9. The van der Waals surface area contributed by atoms with Crippen molar-refractivity contribution in [3.05, 3.63) is 119 Å². The van der Waals surface area contributed by atoms with Crippen LogP contribution in [0.4, 0.5) is 0 Å². The Labute approximate surface area is 480 Å². The molecule has 2 unspecified atom stereocenters. The largest absolute Gasteiger partial charge is 0.488 e. The molecule has 78 heavy (non-hydrogen) atoms. The smallest absolute Gasteiger partial charge is 0.120 e. The van der Waals surface area contributed by atoms with Crippen LogP contribution in [-0.4, -0.2) is 71.3 Å². The van der Waals surface area contributed by atoms with Gasteiger partial charge in [-0.2, -0.15) is 0 Å². The highest BCUT2D eigenvalue weighted by atomic mass is 16.5. The monoisotopic (exact) mass is 1090 g/mol. The van der Waals surface area contributed by atoms with Crippen LogP contribution >= 0.6 is 0 Å². The van der Waals surface area contributed by atoms with Crippen LogP contribution in [0.1, 0.15) is 261 Å². The van der Waals surface area contributed by atoms with Gasteiger partial charge in [-0.05, 0) is 224 Å². The first-order valence-electron chi connectivity index (χ1n) is 29.9. The number of hydrogen-bond donors (Lipinski definition) is 4. The Morgan fingerprint density at radius 1 is 0.372 bits per heavy atom. The molecular formula is C70H120O8. The Morgan fingerprint density at radius 3 is 0.833 bits per heavy atom. The zero-order chi connectivity index (χ0) is 60.2. The summed E-state index contributed by atoms with van der Waals surface area (Å²) in [5.41, 5.74) is 6.18. The number of hydrogen-bond acceptors (Lipinski definition) is 8. The quantitative estimate of drug-likeness (QED) is 0.0691. The van der Waals surface area contributed by atoms with E-state index >= 15 is 0 Å². The first-order chi connectivity index (χ1) is 37.0. The van der Waals surface area contributed by atoms with Crippen molar-refractivity contribution in [2.75, 3.05) is 28.4 Å². The summed E-state index contributed by atoms with van der Waals surface area (Å²) in [6, 6.07) is 34.6. The van der Waals surface area contributed by atoms with E-state index in [9.17, 15) is 0 Å². The minimum Gasteiger partial charge on any atom is -0.488 e. The molecule has 0 radical (unpaired) electrons. The summed E-state index contributed by atoms with van der Waals surface area (Å²) in [7, 11) is 4.00. The minimum absolute atomic E-state index is 0.0299. The second-order valence-electron chi connectivity index (χ2n) is 23.3. The van der Waals surface area contributed by atoms with E-state index in [4.69, 9.17) is 39.4 Å². The SMILES string of the molecule is CCC(C)(C)c1ccc(OC2(C)CCCC2)cc1.CCC(C)(CC)Oc1ccc(C(C)(C)CC)cc1.CCC(C)c1ccc(OC(C)(CC)CC)cc1.CCC(C)c1ccc(OC2(C)CCCC2)cc1.CO.CO.CO.CO. The van der Waals surface area contributed by atoms with Gasteiger partial charge in [-0.25, -0.2) is 0 Å². The van der Waals surface area contributed by atoms with Crippen molar-refractivity contribution in [3.63, 3.8) is 0 Å². The average molecular weight is 1090 g/mol. The van der Waals surface area contributed by atoms with Gasteiger partial charge in [-0.3, -0.25) is 0 Å². The lowest BCUT2D eigenvalue weighted by Crippen LogP contribution is -2.30. The molecule has 0 amide bonds. The van der Waals surface area contributed by atoms with E-state index in [-0.39, 0.29) is 33.2 Å². The Hall–Kier alpha value is -4.08. The summed E-state index contributed by atoms with van der Waals surface area (Å²) in [4.78, 5) is 0. The van der Waals surface area contributed by atoms with Gasteiger partial charge < -0.3 is 39.4 Å². The first-order valence-corrected chi connectivity index (χ1v) is 29.9. The molecule has 0 spiro atoms. The lowest BCUT2D eigenvalue weighted by molar-refractivity contribution is 0.0799. The molecule has 448 valence electrons. The summed E-state index contributed by atoms with van der Waals surface area (Å²) in [6.45, 7) is 40.2. The predicted molar refractivity (Wildman–Crippen MR) is 337 cm³/mol. The van der Waals surface area contributed by atoms with Gasteiger partial charge in [0, 0.05) is 28.4 Å². The standard InChI is InChI=1S/C17H26O.C17H28O.C16H24O.C16H26O.4CH4O/c1-5-16(2,3)14-8-10-15(11-9-14)18-17(4)12-6-7-13-17;1-7-16(4,5)14-10-12-15(13-11-14)18-17(6,8-2)9-3;1-4-13(2)14-7-9-15(10-8-14)17-16(3)11-5-6-12-16;1-6-13(4)14-9-11-15(12-10-14)17-16(5,7-2)8-3;4*1-2/h8-11H,5-7,12-13H2,1-4H3;10-13H,7-9H2,1-6H3;7-10,13H,4-6,11-12H2,1-3H3;9-13H,6-8H2,1-5H3;4*2H,1H3. The summed E-state index contributed by atoms with van der Waals surface area (Å²) < 4.78 is 24.5. The van der Waals surface area contributed by atoms with E-state index in [1.54, 1.807) is 0 Å². The van der Waals surface area contributed by atoms with Gasteiger partial charge in [-0.1, -0.05) is 145 Å². The molecular weight excluding hydrogens is 969 g/mol. The van der Waals surface area contributed by atoms with E-state index in [0.717, 1.165) is 90.0 Å². The number of benzene rings is 4. The maximum atomic E-state index is 7.00. The molecule has 2 aliphatic carbocycles. The van der Waals surface area contributed by atoms with Crippen molar-refractivity contribution < 1.29 is 39.4 Å². The third-order valence-corrected chi connectivity index (χ3v) is 16.9. The van der Waals surface area contributed by atoms with Crippen molar-refractivity contribution in [2.45, 2.75) is 272 Å². The van der Waals surface area contributed by atoms with Gasteiger partial charge in [0.05, 0.1) is 0 Å². The molecule has 0 bridgehead atoms. The van der Waals surface area contributed by atoms with E-state index in [2.05, 4.69) is 222 Å². The van der Waals surface area contributed by atoms with Crippen LogP contribution in [0.2, 0.25) is 0 Å². The summed E-state index contributed by atoms with van der Waals surface area (Å²) in [5.74, 6) is 5.30. The molecule has 0 saturated heterocycles. The van der Waals surface area contributed by atoms with Crippen molar-refractivity contribution in [1.82, 2.24) is 0 Å². The predicted octanol–water partition coefficient (Wildman–Crippen LogP) is 18.9. The van der Waals surface area contributed by atoms with E-state index in [1.807, 2.05) is 0 Å². The number of rotatable bonds is 20. The van der Waals surface area contributed by atoms with Crippen molar-refractivity contribution >= 4 is 0 Å². The zero-order valence-corrected chi connectivity index (χ0v) is 54.1. The van der Waals surface area contributed by atoms with Crippen molar-refractivity contribution in [1.29, 1.82) is 0 Å². The zero-order valence-electron chi connectivity index (χ0n) is 54.1. The lowest BCUT2D eigenvalue weighted by atomic mass is 9.82. The molecule has 2 aliphatic rings. The van der Waals surface area contributed by atoms with Crippen LogP contribution < -0.4 is 18.9 Å². The highest BCUT2D eigenvalue weighted by Crippen LogP contribution is 2.37. The fraction of sp³-hybridized carbons (Fsp3) is 0.657. The van der Waals surface area contributed by atoms with Gasteiger partial charge in [0.1, 0.15) is 45.4 Å². The number of aliphatic hydroxyl groups excluding tert-OH is 4. The van der Waals surface area contributed by atoms with E-state index in [0.29, 0.717) is 11.8 Å². The molecule has 4 aromatic carbocycles. The van der Waals surface area contributed by atoms with Gasteiger partial charge in [0.15, 0.2) is 0 Å². The highest BCUT2D eigenvalue weighted by Gasteiger charge is 2.32. The van der Waals surface area contributed by atoms with E-state index in [1.165, 1.54) is 86.5 Å². The highest BCUT2D eigenvalue weighted by molar-refractivity contribution is 5.34. The van der Waals surface area contributed by atoms with Crippen LogP contribution in [0.3, 0.4) is 0 Å². The Kier molecular flexibility index (Phi) is 38.3. The second-order valence-corrected chi connectivity index (χ2v) is 23.3. The van der Waals surface area contributed by atoms with Crippen LogP contribution in [0.25, 0.3) is 0 Å². The maximum Gasteiger partial charge on any atom is 0.120 e. The molecule has 0 heterocycles. The van der Waals surface area contributed by atoms with Gasteiger partial charge in [-0.15, -0.1) is 0 Å². The molecule has 4 N–H and O–H groups in total. The van der Waals surface area contributed by atoms with Crippen LogP contribution in [0.15, 0.2) is 97.1 Å². The third kappa shape index (κ3) is 26.9. The summed E-state index contributed by atoms with van der Waals surface area (Å²) in [5, 5.41) is 28.0. The average Bonchev–Trinajstić information content (AvgIpc) is 4.12. The van der Waals surface area contributed by atoms with E-state index < -0.39 is 0 Å². The molecule has 2 atom stereocenters. The number of aliphatic hydroxyl groups is 4. The second kappa shape index (κ2) is 39.3. The molecule has 0 aromatic heterocycles. The fourth-order valence-electron chi connectivity index (χ4n) is 8.93. The maximum absolute atomic E-state index is 7.00. The van der Waals surface area contributed by atoms with Gasteiger partial charge in [0.25, 0.3) is 0 Å².